The number of hydrogen-bond acceptors (Lipinski definition) is 3. The highest BCUT2D eigenvalue weighted by Gasteiger charge is 1.73. The molecular weight excluding hydrogens is 76.0 g/mol. The van der Waals surface area contributed by atoms with E-state index in [0.717, 1.165) is 0 Å². The molecule has 0 aliphatic heterocycles. The molecule has 0 amide bonds. The summed E-state index contributed by atoms with van der Waals surface area (Å²) in [5, 5.41) is 16.6. The van der Waals surface area contributed by atoms with E-state index in [4.69, 9.17) is 15.3 Å². The standard InChI is InChI=1S/H2N2O3/c3-1-2(4)5/h1H2. The van der Waals surface area contributed by atoms with Gasteiger partial charge in [0.15, 0.2) is 0 Å². The van der Waals surface area contributed by atoms with Gasteiger partial charge < -0.3 is 5.21 Å². The third kappa shape index (κ3) is 3.32. The van der Waals surface area contributed by atoms with Crippen molar-refractivity contribution in [3.8, 4) is 0 Å². The Labute approximate surface area is 27.3 Å². The van der Waals surface area contributed by atoms with Gasteiger partial charge in [-0.25, -0.2) is 10.1 Å². The van der Waals surface area contributed by atoms with E-state index in [2.05, 4.69) is 0 Å². The van der Waals surface area contributed by atoms with Crippen molar-refractivity contribution >= 4 is 0 Å². The molecule has 0 fully saturated rings. The molecule has 0 unspecified atom stereocenters. The van der Waals surface area contributed by atoms with Crippen molar-refractivity contribution in [2.75, 3.05) is 0 Å². The molecule has 0 aromatic rings. The van der Waals surface area contributed by atoms with Gasteiger partial charge >= 0.3 is 0 Å². The van der Waals surface area contributed by atoms with Crippen LogP contribution < -0.4 is 5.59 Å². The highest BCUT2D eigenvalue weighted by molar-refractivity contribution is 3.86. The number of nitro groups is 1. The van der Waals surface area contributed by atoms with Crippen LogP contribution >= 0.6 is 0 Å². The topological polar surface area (TPSA) is 82.8 Å². The lowest BCUT2D eigenvalue weighted by molar-refractivity contribution is -1.15. The van der Waals surface area contributed by atoms with Crippen molar-refractivity contribution in [3.63, 3.8) is 0 Å². The maximum Gasteiger partial charge on any atom is 0.234 e. The van der Waals surface area contributed by atoms with Crippen LogP contribution in [0.3, 0.4) is 0 Å². The Morgan fingerprint density at radius 2 is 2.00 bits per heavy atom. The predicted octanol–water partition coefficient (Wildman–Crippen LogP) is -1.76. The molecule has 5 nitrogen and oxygen atoms in total. The molecule has 0 saturated carbocycles. The first-order valence-electron chi connectivity index (χ1n) is 0.859. The minimum atomic E-state index is -1.06. The zero-order chi connectivity index (χ0) is 4.28. The van der Waals surface area contributed by atoms with Crippen molar-refractivity contribution < 1.29 is 10.6 Å². The molecule has 0 aromatic carbocycles. The monoisotopic (exact) mass is 78.0 g/mol. The van der Waals surface area contributed by atoms with E-state index in [-0.39, 0.29) is 5.59 Å². The fraction of sp³-hybridized carbons (Fsp3) is 0. The summed E-state index contributed by atoms with van der Waals surface area (Å²) in [4.78, 5) is 8.81. The first kappa shape index (κ1) is 4.32. The summed E-state index contributed by atoms with van der Waals surface area (Å²) in [7, 11) is 0. The molecule has 0 radical (unpaired) electrons. The zero-order valence-corrected chi connectivity index (χ0v) is 2.25. The quantitative estimate of drug-likeness (QED) is 0.229. The van der Waals surface area contributed by atoms with E-state index >= 15 is 0 Å². The Hall–Kier alpha value is -0.680. The molecule has 30 valence electrons. The van der Waals surface area contributed by atoms with Crippen LogP contribution in [0.5, 0.6) is 0 Å². The predicted molar refractivity (Wildman–Crippen MR) is 12.3 cm³/mol. The van der Waals surface area contributed by atoms with E-state index in [9.17, 15) is 0 Å². The average molecular weight is 78.0 g/mol. The molecule has 0 bridgehead atoms. The van der Waals surface area contributed by atoms with Crippen LogP contribution in [0.1, 0.15) is 0 Å². The van der Waals surface area contributed by atoms with Crippen LogP contribution in [0, 0.1) is 15.3 Å². The number of nitrogens with two attached hydrogens (primary N) is 1. The normalized spacial score (nSPS) is 7.40. The number of nitrogens with zero attached hydrogens (tertiary/aromatic N) is 1. The molecule has 0 aliphatic rings. The summed E-state index contributed by atoms with van der Waals surface area (Å²) < 4.78 is 0. The maximum atomic E-state index is 8.81. The van der Waals surface area contributed by atoms with Crippen LogP contribution in [0.4, 0.5) is 0 Å². The van der Waals surface area contributed by atoms with E-state index < -0.39 is 5.03 Å². The second-order valence-electron chi connectivity index (χ2n) is 0.391. The van der Waals surface area contributed by atoms with Gasteiger partial charge in [0.25, 0.3) is 0 Å². The minimum Gasteiger partial charge on any atom is -0.573 e. The SMILES string of the molecule is O=[N+]([O-])[NH2+][O-]. The summed E-state index contributed by atoms with van der Waals surface area (Å²) >= 11 is 0. The van der Waals surface area contributed by atoms with E-state index in [0.29, 0.717) is 0 Å². The van der Waals surface area contributed by atoms with Crippen LogP contribution in [-0.2, 0) is 0 Å². The lowest BCUT2D eigenvalue weighted by atomic mass is 12.6. The molecular formula is H2N2O3. The number of hydrogen-bond donors (Lipinski definition) is 1. The molecule has 5 heteroatoms. The minimum absolute atomic E-state index is 0.361. The van der Waals surface area contributed by atoms with Crippen LogP contribution in [0.25, 0.3) is 0 Å². The fourth-order valence-corrected chi connectivity index (χ4v) is 0. The van der Waals surface area contributed by atoms with Crippen molar-refractivity contribution in [1.82, 2.24) is 0 Å². The van der Waals surface area contributed by atoms with Gasteiger partial charge in [-0.05, 0) is 0 Å². The molecule has 5 heavy (non-hydrogen) atoms. The average Bonchev–Trinajstić information content (AvgIpc) is 1.38. The Morgan fingerprint density at radius 3 is 2.00 bits per heavy atom. The van der Waals surface area contributed by atoms with Crippen LogP contribution in [-0.4, -0.2) is 5.03 Å². The Bertz CT molecular complexity index is 40.2. The first-order valence-corrected chi connectivity index (χ1v) is 0.859. The van der Waals surface area contributed by atoms with Gasteiger partial charge in [0.2, 0.25) is 5.03 Å². The zero-order valence-electron chi connectivity index (χ0n) is 2.25. The van der Waals surface area contributed by atoms with Gasteiger partial charge in [-0.1, -0.05) is 5.59 Å². The van der Waals surface area contributed by atoms with Crippen molar-refractivity contribution in [2.45, 2.75) is 0 Å². The van der Waals surface area contributed by atoms with Crippen molar-refractivity contribution in [1.29, 1.82) is 0 Å². The summed E-state index contributed by atoms with van der Waals surface area (Å²) in [5.41, 5.74) is -0.361. The molecule has 0 aliphatic carbocycles. The van der Waals surface area contributed by atoms with Gasteiger partial charge in [0.05, 0.1) is 0 Å². The molecule has 0 atom stereocenters. The van der Waals surface area contributed by atoms with Gasteiger partial charge in [-0.15, -0.1) is 0 Å². The third-order valence-electron chi connectivity index (χ3n) is 0.0861. The highest BCUT2D eigenvalue weighted by atomic mass is 16.7. The molecule has 0 saturated heterocycles. The van der Waals surface area contributed by atoms with E-state index in [1.807, 2.05) is 0 Å². The molecule has 0 aromatic heterocycles. The van der Waals surface area contributed by atoms with Gasteiger partial charge in [0.1, 0.15) is 0 Å². The molecule has 0 spiro atoms. The van der Waals surface area contributed by atoms with Gasteiger partial charge in [0, 0.05) is 0 Å². The molecule has 0 heterocycles. The lowest BCUT2D eigenvalue weighted by Gasteiger charge is -1.81. The Morgan fingerprint density at radius 1 is 1.80 bits per heavy atom. The Kier molecular flexibility index (Phi) is 1.40. The number of quaternary nitrogens is 1. The van der Waals surface area contributed by atoms with Gasteiger partial charge in [-0.3, -0.25) is 0 Å². The van der Waals surface area contributed by atoms with E-state index in [1.54, 1.807) is 0 Å². The summed E-state index contributed by atoms with van der Waals surface area (Å²) in [6.45, 7) is 0. The smallest absolute Gasteiger partial charge is 0.234 e. The maximum absolute atomic E-state index is 8.81. The second kappa shape index (κ2) is 1.62. The first-order chi connectivity index (χ1) is 2.27. The summed E-state index contributed by atoms with van der Waals surface area (Å²) in [5.74, 6) is 0. The van der Waals surface area contributed by atoms with Crippen molar-refractivity contribution in [2.24, 2.45) is 0 Å². The molecule has 2 N–H and O–H groups in total. The lowest BCUT2D eigenvalue weighted by Crippen LogP contribution is -2.81. The van der Waals surface area contributed by atoms with Gasteiger partial charge in [-0.2, -0.15) is 0 Å². The van der Waals surface area contributed by atoms with Crippen LogP contribution in [0.2, 0.25) is 0 Å². The highest BCUT2D eigenvalue weighted by Crippen LogP contribution is 1.28. The molecule has 0 rings (SSSR count). The second-order valence-corrected chi connectivity index (χ2v) is 0.391. The van der Waals surface area contributed by atoms with Crippen molar-refractivity contribution in [3.05, 3.63) is 15.3 Å². The number of rotatable bonds is 1. The summed E-state index contributed by atoms with van der Waals surface area (Å²) in [6, 6.07) is 0. The van der Waals surface area contributed by atoms with Crippen LogP contribution in [0.15, 0.2) is 0 Å². The fourth-order valence-electron chi connectivity index (χ4n) is 0. The third-order valence-corrected chi connectivity index (χ3v) is 0.0861. The largest absolute Gasteiger partial charge is 0.573 e. The van der Waals surface area contributed by atoms with E-state index in [1.165, 1.54) is 0 Å². The summed E-state index contributed by atoms with van der Waals surface area (Å²) in [6.07, 6.45) is 0. The Balaban J connectivity index is 2.85.